The molecule has 0 unspecified atom stereocenters. The molecule has 9 heteroatoms. The summed E-state index contributed by atoms with van der Waals surface area (Å²) in [5.41, 5.74) is -0.372. The van der Waals surface area contributed by atoms with Crippen molar-refractivity contribution in [2.45, 2.75) is 45.8 Å². The van der Waals surface area contributed by atoms with E-state index in [1.54, 1.807) is 4.68 Å². The summed E-state index contributed by atoms with van der Waals surface area (Å²) in [4.78, 5) is 24.9. The van der Waals surface area contributed by atoms with Gasteiger partial charge in [-0.2, -0.15) is 5.26 Å². The monoisotopic (exact) mass is 301 g/mol. The number of fused-ring (bicyclic) bond motifs is 1. The SMILES string of the molecule is CCCn1nnnc1Cn1c(=O)c(C#N)c2n(c1=O)CCC2. The second-order valence-corrected chi connectivity index (χ2v) is 5.18. The van der Waals surface area contributed by atoms with Gasteiger partial charge in [-0.05, 0) is 29.7 Å². The maximum absolute atomic E-state index is 12.5. The number of aryl methyl sites for hydroxylation is 1. The Morgan fingerprint density at radius 2 is 2.18 bits per heavy atom. The van der Waals surface area contributed by atoms with Gasteiger partial charge in [0.05, 0.1) is 6.54 Å². The molecule has 0 amide bonds. The summed E-state index contributed by atoms with van der Waals surface area (Å²) in [6.07, 6.45) is 2.18. The van der Waals surface area contributed by atoms with Crippen molar-refractivity contribution in [3.63, 3.8) is 0 Å². The summed E-state index contributed by atoms with van der Waals surface area (Å²) in [6.45, 7) is 3.09. The first-order chi connectivity index (χ1) is 10.7. The molecule has 0 spiro atoms. The largest absolute Gasteiger partial charge is 0.331 e. The van der Waals surface area contributed by atoms with Crippen LogP contribution < -0.4 is 11.2 Å². The van der Waals surface area contributed by atoms with Crippen LogP contribution in [0.15, 0.2) is 9.59 Å². The topological polar surface area (TPSA) is 111 Å². The molecule has 0 radical (unpaired) electrons. The quantitative estimate of drug-likeness (QED) is 0.736. The number of rotatable bonds is 4. The van der Waals surface area contributed by atoms with Crippen molar-refractivity contribution in [1.29, 1.82) is 5.26 Å². The van der Waals surface area contributed by atoms with E-state index in [9.17, 15) is 14.9 Å². The summed E-state index contributed by atoms with van der Waals surface area (Å²) in [5.74, 6) is 0.434. The fraction of sp³-hybridized carbons (Fsp3) is 0.538. The average Bonchev–Trinajstić information content (AvgIpc) is 3.14. The number of nitriles is 1. The standard InChI is InChI=1S/C13H15N7O2/c1-2-5-20-11(15-16-17-20)8-19-12(21)9(7-14)10-4-3-6-18(10)13(19)22/h2-6,8H2,1H3. The van der Waals surface area contributed by atoms with Gasteiger partial charge in [-0.15, -0.1) is 5.10 Å². The van der Waals surface area contributed by atoms with Crippen molar-refractivity contribution < 1.29 is 0 Å². The maximum Gasteiger partial charge on any atom is 0.331 e. The molecule has 3 heterocycles. The van der Waals surface area contributed by atoms with Gasteiger partial charge in [0.15, 0.2) is 5.82 Å². The molecule has 1 aliphatic rings. The van der Waals surface area contributed by atoms with E-state index in [-0.39, 0.29) is 12.1 Å². The summed E-state index contributed by atoms with van der Waals surface area (Å²) >= 11 is 0. The Bertz CT molecular complexity index is 868. The zero-order chi connectivity index (χ0) is 15.7. The molecule has 0 saturated carbocycles. The maximum atomic E-state index is 12.5. The molecule has 0 atom stereocenters. The molecule has 2 aromatic heterocycles. The van der Waals surface area contributed by atoms with Crippen LogP contribution in [0.25, 0.3) is 0 Å². The third kappa shape index (κ3) is 2.13. The molecule has 3 rings (SSSR count). The first-order valence-electron chi connectivity index (χ1n) is 7.19. The van der Waals surface area contributed by atoms with Crippen molar-refractivity contribution in [1.82, 2.24) is 29.3 Å². The van der Waals surface area contributed by atoms with Crippen LogP contribution in [0, 0.1) is 11.3 Å². The Morgan fingerprint density at radius 3 is 2.91 bits per heavy atom. The van der Waals surface area contributed by atoms with Crippen molar-refractivity contribution in [2.75, 3.05) is 0 Å². The molecule has 2 aromatic rings. The minimum Gasteiger partial charge on any atom is -0.296 e. The van der Waals surface area contributed by atoms with E-state index in [1.165, 1.54) is 4.57 Å². The highest BCUT2D eigenvalue weighted by Crippen LogP contribution is 2.13. The Morgan fingerprint density at radius 1 is 1.36 bits per heavy atom. The second-order valence-electron chi connectivity index (χ2n) is 5.18. The first-order valence-corrected chi connectivity index (χ1v) is 7.19. The van der Waals surface area contributed by atoms with Gasteiger partial charge < -0.3 is 0 Å². The zero-order valence-electron chi connectivity index (χ0n) is 12.2. The summed E-state index contributed by atoms with van der Waals surface area (Å²) in [5, 5.41) is 20.5. The summed E-state index contributed by atoms with van der Waals surface area (Å²) < 4.78 is 4.12. The highest BCUT2D eigenvalue weighted by atomic mass is 16.2. The third-order valence-electron chi connectivity index (χ3n) is 3.78. The molecule has 0 saturated heterocycles. The number of hydrogen-bond donors (Lipinski definition) is 0. The number of tetrazole rings is 1. The molecule has 114 valence electrons. The van der Waals surface area contributed by atoms with Crippen molar-refractivity contribution in [2.24, 2.45) is 0 Å². The molecule has 22 heavy (non-hydrogen) atoms. The van der Waals surface area contributed by atoms with E-state index in [4.69, 9.17) is 0 Å². The normalized spacial score (nSPS) is 13.1. The van der Waals surface area contributed by atoms with Crippen LogP contribution in [-0.4, -0.2) is 29.3 Å². The van der Waals surface area contributed by atoms with E-state index in [0.717, 1.165) is 17.4 Å². The molecule has 0 aliphatic carbocycles. The van der Waals surface area contributed by atoms with Gasteiger partial charge >= 0.3 is 5.69 Å². The van der Waals surface area contributed by atoms with Crippen LogP contribution in [-0.2, 0) is 26.1 Å². The Kier molecular flexibility index (Phi) is 3.58. The Balaban J connectivity index is 2.12. The minimum atomic E-state index is -0.563. The fourth-order valence-electron chi connectivity index (χ4n) is 2.75. The molecule has 0 aromatic carbocycles. The summed E-state index contributed by atoms with van der Waals surface area (Å²) in [7, 11) is 0. The van der Waals surface area contributed by atoms with Crippen molar-refractivity contribution in [3.05, 3.63) is 37.9 Å². The average molecular weight is 301 g/mol. The van der Waals surface area contributed by atoms with Gasteiger partial charge in [-0.25, -0.2) is 9.48 Å². The molecule has 1 aliphatic heterocycles. The van der Waals surface area contributed by atoms with Gasteiger partial charge in [0.25, 0.3) is 5.56 Å². The second kappa shape index (κ2) is 5.55. The van der Waals surface area contributed by atoms with Crippen LogP contribution in [0.2, 0.25) is 0 Å². The van der Waals surface area contributed by atoms with Crippen LogP contribution in [0.3, 0.4) is 0 Å². The van der Waals surface area contributed by atoms with Crippen LogP contribution >= 0.6 is 0 Å². The van der Waals surface area contributed by atoms with Crippen LogP contribution in [0.1, 0.15) is 36.8 Å². The van der Waals surface area contributed by atoms with Gasteiger partial charge in [0, 0.05) is 18.8 Å². The third-order valence-corrected chi connectivity index (χ3v) is 3.78. The lowest BCUT2D eigenvalue weighted by atomic mass is 10.2. The highest BCUT2D eigenvalue weighted by Gasteiger charge is 2.23. The lowest BCUT2D eigenvalue weighted by Gasteiger charge is -2.10. The molecule has 9 nitrogen and oxygen atoms in total. The highest BCUT2D eigenvalue weighted by molar-refractivity contribution is 5.33. The van der Waals surface area contributed by atoms with E-state index in [2.05, 4.69) is 15.5 Å². The molecular weight excluding hydrogens is 286 g/mol. The predicted octanol–water partition coefficient (Wildman–Crippen LogP) is -0.727. The van der Waals surface area contributed by atoms with Gasteiger partial charge in [0.1, 0.15) is 11.6 Å². The number of hydrogen-bond acceptors (Lipinski definition) is 6. The van der Waals surface area contributed by atoms with E-state index < -0.39 is 11.2 Å². The lowest BCUT2D eigenvalue weighted by Crippen LogP contribution is -2.42. The minimum absolute atomic E-state index is 0.0281. The Hall–Kier alpha value is -2.76. The lowest BCUT2D eigenvalue weighted by molar-refractivity contribution is 0.523. The summed E-state index contributed by atoms with van der Waals surface area (Å²) in [6, 6.07) is 1.93. The van der Waals surface area contributed by atoms with Crippen molar-refractivity contribution >= 4 is 0 Å². The Labute approximate surface area is 125 Å². The van der Waals surface area contributed by atoms with E-state index >= 15 is 0 Å². The smallest absolute Gasteiger partial charge is 0.296 e. The number of nitrogens with zero attached hydrogens (tertiary/aromatic N) is 7. The van der Waals surface area contributed by atoms with Gasteiger partial charge in [0.2, 0.25) is 0 Å². The first kappa shape index (κ1) is 14.2. The fourth-order valence-corrected chi connectivity index (χ4v) is 2.75. The predicted molar refractivity (Wildman–Crippen MR) is 75.2 cm³/mol. The van der Waals surface area contributed by atoms with E-state index in [0.29, 0.717) is 31.0 Å². The van der Waals surface area contributed by atoms with Crippen LogP contribution in [0.4, 0.5) is 0 Å². The number of aromatic nitrogens is 6. The zero-order valence-corrected chi connectivity index (χ0v) is 12.2. The van der Waals surface area contributed by atoms with Gasteiger partial charge in [-0.1, -0.05) is 6.92 Å². The molecule has 0 N–H and O–H groups in total. The molecule has 0 fully saturated rings. The van der Waals surface area contributed by atoms with Crippen molar-refractivity contribution in [3.8, 4) is 6.07 Å². The van der Waals surface area contributed by atoms with E-state index in [1.807, 2.05) is 13.0 Å². The molecule has 0 bridgehead atoms. The van der Waals surface area contributed by atoms with Crippen LogP contribution in [0.5, 0.6) is 0 Å². The van der Waals surface area contributed by atoms with Gasteiger partial charge in [-0.3, -0.25) is 13.9 Å². The molecular formula is C13H15N7O2.